The zero-order chi connectivity index (χ0) is 13.4. The van der Waals surface area contributed by atoms with Gasteiger partial charge in [-0.05, 0) is 68.1 Å². The van der Waals surface area contributed by atoms with Gasteiger partial charge in [0.05, 0.1) is 0 Å². The second kappa shape index (κ2) is 5.46. The van der Waals surface area contributed by atoms with Gasteiger partial charge in [0, 0.05) is 0 Å². The van der Waals surface area contributed by atoms with Crippen molar-refractivity contribution in [3.63, 3.8) is 0 Å². The minimum absolute atomic E-state index is 0.833. The van der Waals surface area contributed by atoms with Crippen LogP contribution in [0, 0.1) is 35.5 Å². The van der Waals surface area contributed by atoms with Gasteiger partial charge in [-0.2, -0.15) is 0 Å². The molecule has 0 saturated heterocycles. The summed E-state index contributed by atoms with van der Waals surface area (Å²) in [5.41, 5.74) is 1.84. The van der Waals surface area contributed by atoms with E-state index in [9.17, 15) is 0 Å². The van der Waals surface area contributed by atoms with Gasteiger partial charge in [0.15, 0.2) is 0 Å². The molecule has 3 aliphatic carbocycles. The van der Waals surface area contributed by atoms with Crippen LogP contribution in [0.2, 0.25) is 0 Å². The van der Waals surface area contributed by atoms with Crippen LogP contribution < -0.4 is 0 Å². The normalized spacial score (nSPS) is 46.6. The molecule has 0 nitrogen and oxygen atoms in total. The van der Waals surface area contributed by atoms with Crippen LogP contribution in [0.15, 0.2) is 23.8 Å². The monoisotopic (exact) mass is 258 g/mol. The van der Waals surface area contributed by atoms with Crippen LogP contribution in [0.3, 0.4) is 0 Å². The summed E-state index contributed by atoms with van der Waals surface area (Å²) in [6.45, 7) is 7.00. The maximum absolute atomic E-state index is 2.56. The van der Waals surface area contributed by atoms with Crippen molar-refractivity contribution >= 4 is 0 Å². The first-order valence-corrected chi connectivity index (χ1v) is 8.59. The molecule has 0 aromatic heterocycles. The van der Waals surface area contributed by atoms with Crippen LogP contribution in [-0.2, 0) is 0 Å². The van der Waals surface area contributed by atoms with Crippen molar-refractivity contribution in [3.05, 3.63) is 23.8 Å². The molecule has 0 aromatic carbocycles. The fourth-order valence-electron chi connectivity index (χ4n) is 5.37. The third-order valence-electron chi connectivity index (χ3n) is 6.16. The Kier molecular flexibility index (Phi) is 3.87. The maximum atomic E-state index is 2.56. The second-order valence-electron chi connectivity index (χ2n) is 7.30. The summed E-state index contributed by atoms with van der Waals surface area (Å²) >= 11 is 0. The number of hydrogen-bond donors (Lipinski definition) is 0. The van der Waals surface area contributed by atoms with Crippen LogP contribution in [0.1, 0.15) is 59.3 Å². The van der Waals surface area contributed by atoms with Crippen molar-refractivity contribution in [3.8, 4) is 0 Å². The smallest absolute Gasteiger partial charge is 0.0169 e. The molecule has 3 rings (SSSR count). The summed E-state index contributed by atoms with van der Waals surface area (Å²) in [6.07, 6.45) is 16.2. The third-order valence-corrected chi connectivity index (χ3v) is 6.16. The molecular formula is C19H30. The van der Waals surface area contributed by atoms with E-state index in [1.165, 1.54) is 38.5 Å². The predicted molar refractivity (Wildman–Crippen MR) is 82.9 cm³/mol. The second-order valence-corrected chi connectivity index (χ2v) is 7.30. The first kappa shape index (κ1) is 13.5. The molecule has 0 spiro atoms. The summed E-state index contributed by atoms with van der Waals surface area (Å²) in [5.74, 6) is 5.66. The van der Waals surface area contributed by atoms with Crippen LogP contribution >= 0.6 is 0 Å². The zero-order valence-electron chi connectivity index (χ0n) is 12.9. The lowest BCUT2D eigenvalue weighted by molar-refractivity contribution is 0.212. The molecule has 0 amide bonds. The molecule has 0 N–H and O–H groups in total. The highest BCUT2D eigenvalue weighted by molar-refractivity contribution is 5.24. The molecule has 3 aliphatic rings. The molecule has 0 aromatic rings. The molecule has 2 fully saturated rings. The summed E-state index contributed by atoms with van der Waals surface area (Å²) in [4.78, 5) is 0. The van der Waals surface area contributed by atoms with Crippen molar-refractivity contribution in [2.24, 2.45) is 35.5 Å². The molecule has 106 valence electrons. The SMILES string of the molecule is C/C=C1\C2CC(C3C=CC(C)C3)C(C2)C1CCCC. The van der Waals surface area contributed by atoms with Gasteiger partial charge in [0.2, 0.25) is 0 Å². The Hall–Kier alpha value is -0.520. The quantitative estimate of drug-likeness (QED) is 0.575. The molecule has 2 bridgehead atoms. The highest BCUT2D eigenvalue weighted by Gasteiger charge is 2.50. The van der Waals surface area contributed by atoms with Crippen LogP contribution in [0.5, 0.6) is 0 Å². The largest absolute Gasteiger partial charge is 0.0879 e. The van der Waals surface area contributed by atoms with Gasteiger partial charge in [-0.3, -0.25) is 0 Å². The Morgan fingerprint density at radius 1 is 1.16 bits per heavy atom. The van der Waals surface area contributed by atoms with Gasteiger partial charge in [-0.25, -0.2) is 0 Å². The zero-order valence-corrected chi connectivity index (χ0v) is 12.9. The van der Waals surface area contributed by atoms with Gasteiger partial charge in [0.25, 0.3) is 0 Å². The average Bonchev–Trinajstić information content (AvgIpc) is 3.08. The van der Waals surface area contributed by atoms with E-state index in [0.29, 0.717) is 0 Å². The molecule has 6 atom stereocenters. The summed E-state index contributed by atoms with van der Waals surface area (Å²) in [7, 11) is 0. The number of rotatable bonds is 4. The predicted octanol–water partition coefficient (Wildman–Crippen LogP) is 5.61. The molecular weight excluding hydrogens is 228 g/mol. The van der Waals surface area contributed by atoms with Crippen LogP contribution in [0.4, 0.5) is 0 Å². The van der Waals surface area contributed by atoms with E-state index in [-0.39, 0.29) is 0 Å². The first-order chi connectivity index (χ1) is 9.24. The van der Waals surface area contributed by atoms with Gasteiger partial charge < -0.3 is 0 Å². The average molecular weight is 258 g/mol. The van der Waals surface area contributed by atoms with Crippen molar-refractivity contribution < 1.29 is 0 Å². The van der Waals surface area contributed by atoms with Gasteiger partial charge in [0.1, 0.15) is 0 Å². The van der Waals surface area contributed by atoms with E-state index in [1.807, 2.05) is 5.57 Å². The first-order valence-electron chi connectivity index (χ1n) is 8.59. The summed E-state index contributed by atoms with van der Waals surface area (Å²) < 4.78 is 0. The van der Waals surface area contributed by atoms with E-state index < -0.39 is 0 Å². The van der Waals surface area contributed by atoms with Crippen molar-refractivity contribution in [1.82, 2.24) is 0 Å². The van der Waals surface area contributed by atoms with Gasteiger partial charge >= 0.3 is 0 Å². The Bertz CT molecular complexity index is 375. The third kappa shape index (κ3) is 2.32. The molecule has 0 heterocycles. The maximum Gasteiger partial charge on any atom is -0.0169 e. The number of hydrogen-bond acceptors (Lipinski definition) is 0. The van der Waals surface area contributed by atoms with E-state index in [4.69, 9.17) is 0 Å². The highest BCUT2D eigenvalue weighted by Crippen LogP contribution is 2.59. The van der Waals surface area contributed by atoms with Gasteiger partial charge in [-0.1, -0.05) is 50.5 Å². The Morgan fingerprint density at radius 2 is 1.95 bits per heavy atom. The fourth-order valence-corrected chi connectivity index (χ4v) is 5.37. The van der Waals surface area contributed by atoms with E-state index >= 15 is 0 Å². The van der Waals surface area contributed by atoms with Crippen molar-refractivity contribution in [2.75, 3.05) is 0 Å². The molecule has 19 heavy (non-hydrogen) atoms. The van der Waals surface area contributed by atoms with Crippen LogP contribution in [0.25, 0.3) is 0 Å². The lowest BCUT2D eigenvalue weighted by Gasteiger charge is -2.35. The minimum Gasteiger partial charge on any atom is -0.0879 e. The van der Waals surface area contributed by atoms with Crippen LogP contribution in [-0.4, -0.2) is 0 Å². The van der Waals surface area contributed by atoms with E-state index in [2.05, 4.69) is 39.0 Å². The molecule has 0 aliphatic heterocycles. The number of fused-ring (bicyclic) bond motifs is 2. The number of unbranched alkanes of at least 4 members (excludes halogenated alkanes) is 1. The van der Waals surface area contributed by atoms with Crippen molar-refractivity contribution in [2.45, 2.75) is 59.3 Å². The topological polar surface area (TPSA) is 0 Å². The molecule has 2 saturated carbocycles. The molecule has 6 unspecified atom stereocenters. The van der Waals surface area contributed by atoms with E-state index in [0.717, 1.165) is 35.5 Å². The summed E-state index contributed by atoms with van der Waals surface area (Å²) in [5, 5.41) is 0. The standard InChI is InChI=1S/C19H30/c1-4-6-7-17-16(5-2)15-11-18(19(17)12-15)14-9-8-13(3)10-14/h5,8-9,13-15,17-19H,4,6-7,10-12H2,1-3H3/b16-5+. The van der Waals surface area contributed by atoms with Gasteiger partial charge in [-0.15, -0.1) is 0 Å². The van der Waals surface area contributed by atoms with E-state index in [1.54, 1.807) is 0 Å². The fraction of sp³-hybridized carbons (Fsp3) is 0.789. The number of allylic oxidation sites excluding steroid dienone is 4. The Labute approximate surface area is 119 Å². The minimum atomic E-state index is 0.833. The Morgan fingerprint density at radius 3 is 2.58 bits per heavy atom. The molecule has 0 heteroatoms. The highest BCUT2D eigenvalue weighted by atomic mass is 14.5. The van der Waals surface area contributed by atoms with Crippen molar-refractivity contribution in [1.29, 1.82) is 0 Å². The molecule has 0 radical (unpaired) electrons. The Balaban J connectivity index is 1.72. The lowest BCUT2D eigenvalue weighted by atomic mass is 9.70. The summed E-state index contributed by atoms with van der Waals surface area (Å²) in [6, 6.07) is 0. The lowest BCUT2D eigenvalue weighted by Crippen LogP contribution is -2.27.